The lowest BCUT2D eigenvalue weighted by Crippen LogP contribution is -2.03. The van der Waals surface area contributed by atoms with Crippen LogP contribution in [0.15, 0.2) is 12.1 Å². The molecule has 1 rings (SSSR count). The first-order chi connectivity index (χ1) is 9.17. The minimum absolute atomic E-state index is 0.0273. The molecule has 0 aliphatic rings. The number of rotatable bonds is 6. The first-order valence-electron chi connectivity index (χ1n) is 5.90. The highest BCUT2D eigenvalue weighted by Crippen LogP contribution is 2.35. The summed E-state index contributed by atoms with van der Waals surface area (Å²) in [4.78, 5) is 12.1. The summed E-state index contributed by atoms with van der Waals surface area (Å²) in [5.74, 6) is 7.13. The molecule has 4 nitrogen and oxygen atoms in total. The van der Waals surface area contributed by atoms with Crippen molar-refractivity contribution in [3.63, 3.8) is 0 Å². The SMILES string of the molecule is CC#CCCC(=O)c1cc(OC)c(OC)cc1OC. The van der Waals surface area contributed by atoms with E-state index in [1.807, 2.05) is 0 Å². The lowest BCUT2D eigenvalue weighted by atomic mass is 10.0. The third-order valence-corrected chi connectivity index (χ3v) is 2.66. The van der Waals surface area contributed by atoms with E-state index in [1.54, 1.807) is 19.1 Å². The van der Waals surface area contributed by atoms with Gasteiger partial charge in [-0.1, -0.05) is 0 Å². The van der Waals surface area contributed by atoms with E-state index >= 15 is 0 Å². The van der Waals surface area contributed by atoms with Crippen LogP contribution < -0.4 is 14.2 Å². The predicted octanol–water partition coefficient (Wildman–Crippen LogP) is 2.70. The molecule has 1 aromatic carbocycles. The number of Topliss-reactive ketones (excluding diaryl/α,β-unsaturated/α-hetero) is 1. The van der Waals surface area contributed by atoms with E-state index in [9.17, 15) is 4.79 Å². The Bertz CT molecular complexity index is 509. The normalized spacial score (nSPS) is 9.26. The summed E-state index contributed by atoms with van der Waals surface area (Å²) in [5.41, 5.74) is 0.484. The maximum absolute atomic E-state index is 12.1. The number of ketones is 1. The summed E-state index contributed by atoms with van der Waals surface area (Å²) in [6, 6.07) is 3.29. The van der Waals surface area contributed by atoms with Gasteiger partial charge in [0, 0.05) is 18.9 Å². The van der Waals surface area contributed by atoms with Crippen molar-refractivity contribution in [2.24, 2.45) is 0 Å². The number of carbonyl (C=O) groups excluding carboxylic acids is 1. The Balaban J connectivity index is 3.09. The third-order valence-electron chi connectivity index (χ3n) is 2.66. The van der Waals surface area contributed by atoms with Crippen molar-refractivity contribution in [1.29, 1.82) is 0 Å². The highest BCUT2D eigenvalue weighted by Gasteiger charge is 2.17. The zero-order valence-electron chi connectivity index (χ0n) is 11.7. The maximum Gasteiger partial charge on any atom is 0.167 e. The zero-order valence-corrected chi connectivity index (χ0v) is 11.7. The summed E-state index contributed by atoms with van der Waals surface area (Å²) in [6.07, 6.45) is 0.888. The van der Waals surface area contributed by atoms with Crippen molar-refractivity contribution in [2.45, 2.75) is 19.8 Å². The maximum atomic E-state index is 12.1. The monoisotopic (exact) mass is 262 g/mol. The molecule has 0 saturated heterocycles. The molecule has 4 heteroatoms. The highest BCUT2D eigenvalue weighted by molar-refractivity contribution is 5.99. The van der Waals surface area contributed by atoms with E-state index in [1.165, 1.54) is 21.3 Å². The van der Waals surface area contributed by atoms with Gasteiger partial charge in [-0.15, -0.1) is 11.8 Å². The molecule has 0 radical (unpaired) electrons. The highest BCUT2D eigenvalue weighted by atomic mass is 16.5. The average molecular weight is 262 g/mol. The Labute approximate surface area is 113 Å². The molecule has 0 aliphatic heterocycles. The van der Waals surface area contributed by atoms with E-state index in [0.29, 0.717) is 35.7 Å². The first kappa shape index (κ1) is 14.9. The van der Waals surface area contributed by atoms with Crippen molar-refractivity contribution in [3.05, 3.63) is 17.7 Å². The molecule has 19 heavy (non-hydrogen) atoms. The Kier molecular flexibility index (Phi) is 5.74. The van der Waals surface area contributed by atoms with Crippen LogP contribution in [0.4, 0.5) is 0 Å². The largest absolute Gasteiger partial charge is 0.496 e. The molecule has 0 aromatic heterocycles. The molecule has 0 saturated carbocycles. The van der Waals surface area contributed by atoms with E-state index < -0.39 is 0 Å². The van der Waals surface area contributed by atoms with Crippen LogP contribution in [0.25, 0.3) is 0 Å². The summed E-state index contributed by atoms with van der Waals surface area (Å²) >= 11 is 0. The molecule has 0 N–H and O–H groups in total. The second-order valence-corrected chi connectivity index (χ2v) is 3.76. The quantitative estimate of drug-likeness (QED) is 0.584. The number of methoxy groups -OCH3 is 3. The van der Waals surface area contributed by atoms with Crippen LogP contribution in [-0.4, -0.2) is 27.1 Å². The van der Waals surface area contributed by atoms with Crippen molar-refractivity contribution in [1.82, 2.24) is 0 Å². The Morgan fingerprint density at radius 3 is 2.16 bits per heavy atom. The minimum atomic E-state index is -0.0273. The number of hydrogen-bond acceptors (Lipinski definition) is 4. The van der Waals surface area contributed by atoms with E-state index in [0.717, 1.165) is 0 Å². The fourth-order valence-corrected chi connectivity index (χ4v) is 1.68. The smallest absolute Gasteiger partial charge is 0.167 e. The molecule has 0 heterocycles. The van der Waals surface area contributed by atoms with Crippen LogP contribution in [-0.2, 0) is 0 Å². The minimum Gasteiger partial charge on any atom is -0.496 e. The van der Waals surface area contributed by atoms with E-state index in [4.69, 9.17) is 14.2 Å². The summed E-state index contributed by atoms with van der Waals surface area (Å²) in [5, 5.41) is 0. The fraction of sp³-hybridized carbons (Fsp3) is 0.400. The Morgan fingerprint density at radius 1 is 1.05 bits per heavy atom. The van der Waals surface area contributed by atoms with E-state index in [-0.39, 0.29) is 5.78 Å². The second kappa shape index (κ2) is 7.32. The van der Waals surface area contributed by atoms with Crippen LogP contribution in [0.3, 0.4) is 0 Å². The Hall–Kier alpha value is -2.15. The van der Waals surface area contributed by atoms with Crippen LogP contribution in [0.5, 0.6) is 17.2 Å². The van der Waals surface area contributed by atoms with Gasteiger partial charge in [0.2, 0.25) is 0 Å². The molecular weight excluding hydrogens is 244 g/mol. The van der Waals surface area contributed by atoms with Crippen LogP contribution in [0.2, 0.25) is 0 Å². The lowest BCUT2D eigenvalue weighted by Gasteiger charge is -2.13. The zero-order chi connectivity index (χ0) is 14.3. The molecule has 0 amide bonds. The average Bonchev–Trinajstić information content (AvgIpc) is 2.45. The van der Waals surface area contributed by atoms with Gasteiger partial charge in [0.25, 0.3) is 0 Å². The van der Waals surface area contributed by atoms with Crippen LogP contribution in [0, 0.1) is 11.8 Å². The van der Waals surface area contributed by atoms with Gasteiger partial charge >= 0.3 is 0 Å². The van der Waals surface area contributed by atoms with E-state index in [2.05, 4.69) is 11.8 Å². The molecule has 0 bridgehead atoms. The molecule has 0 fully saturated rings. The number of hydrogen-bond donors (Lipinski definition) is 0. The Morgan fingerprint density at radius 2 is 1.63 bits per heavy atom. The van der Waals surface area contributed by atoms with Gasteiger partial charge in [0.1, 0.15) is 5.75 Å². The topological polar surface area (TPSA) is 44.8 Å². The summed E-state index contributed by atoms with van der Waals surface area (Å²) < 4.78 is 15.6. The summed E-state index contributed by atoms with van der Waals surface area (Å²) in [7, 11) is 4.58. The van der Waals surface area contributed by atoms with Gasteiger partial charge in [-0.2, -0.15) is 0 Å². The number of carbonyl (C=O) groups is 1. The molecule has 102 valence electrons. The van der Waals surface area contributed by atoms with Crippen molar-refractivity contribution < 1.29 is 19.0 Å². The van der Waals surface area contributed by atoms with Crippen molar-refractivity contribution in [2.75, 3.05) is 21.3 Å². The van der Waals surface area contributed by atoms with Crippen LogP contribution in [0.1, 0.15) is 30.1 Å². The molecule has 0 unspecified atom stereocenters. The third kappa shape index (κ3) is 3.65. The first-order valence-corrected chi connectivity index (χ1v) is 5.90. The molecule has 0 atom stereocenters. The number of benzene rings is 1. The standard InChI is InChI=1S/C15H18O4/c1-5-6-7-8-12(16)11-9-14(18-3)15(19-4)10-13(11)17-2/h9-10H,7-8H2,1-4H3. The van der Waals surface area contributed by atoms with Gasteiger partial charge in [0.05, 0.1) is 26.9 Å². The number of ether oxygens (including phenoxy) is 3. The molecule has 0 spiro atoms. The second-order valence-electron chi connectivity index (χ2n) is 3.76. The van der Waals surface area contributed by atoms with Crippen molar-refractivity contribution in [3.8, 4) is 29.1 Å². The summed E-state index contributed by atoms with van der Waals surface area (Å²) in [6.45, 7) is 1.75. The molecule has 0 aliphatic carbocycles. The molecule has 1 aromatic rings. The lowest BCUT2D eigenvalue weighted by molar-refractivity contribution is 0.0981. The van der Waals surface area contributed by atoms with Gasteiger partial charge in [0.15, 0.2) is 17.3 Å². The van der Waals surface area contributed by atoms with Gasteiger partial charge in [-0.05, 0) is 13.0 Å². The van der Waals surface area contributed by atoms with Gasteiger partial charge in [-0.25, -0.2) is 0 Å². The predicted molar refractivity (Wildman–Crippen MR) is 73.1 cm³/mol. The van der Waals surface area contributed by atoms with Crippen LogP contribution >= 0.6 is 0 Å². The van der Waals surface area contributed by atoms with Gasteiger partial charge < -0.3 is 14.2 Å². The van der Waals surface area contributed by atoms with Crippen molar-refractivity contribution >= 4 is 5.78 Å². The van der Waals surface area contributed by atoms with Gasteiger partial charge in [-0.3, -0.25) is 4.79 Å². The molecular formula is C15H18O4. The fourth-order valence-electron chi connectivity index (χ4n) is 1.68.